The van der Waals surface area contributed by atoms with Gasteiger partial charge in [-0.2, -0.15) is 0 Å². The van der Waals surface area contributed by atoms with E-state index in [1.165, 1.54) is 36.8 Å². The predicted molar refractivity (Wildman–Crippen MR) is 82.6 cm³/mol. The first kappa shape index (κ1) is 13.1. The predicted octanol–water partition coefficient (Wildman–Crippen LogP) is 3.09. The number of nitrogens with one attached hydrogen (secondary N) is 1. The zero-order valence-electron chi connectivity index (χ0n) is 12.0. The molecule has 110 valence electrons. The van der Waals surface area contributed by atoms with Gasteiger partial charge in [-0.3, -0.25) is 4.79 Å². The number of fused-ring (bicyclic) bond motifs is 1. The molecule has 2 aromatic rings. The molecular formula is C16H19N3OS. The Bertz CT molecular complexity index is 669. The fraction of sp³-hybridized carbons (Fsp3) is 0.500. The molecule has 2 aliphatic rings. The van der Waals surface area contributed by atoms with Crippen LogP contribution in [0.3, 0.4) is 0 Å². The first-order valence-corrected chi connectivity index (χ1v) is 8.59. The third-order valence-electron chi connectivity index (χ3n) is 4.43. The van der Waals surface area contributed by atoms with Gasteiger partial charge in [-0.15, -0.1) is 11.3 Å². The number of rotatable bonds is 4. The number of hydrogen-bond acceptors (Lipinski definition) is 3. The lowest BCUT2D eigenvalue weighted by molar-refractivity contribution is 0.0953. The third-order valence-corrected chi connectivity index (χ3v) is 5.50. The molecule has 0 spiro atoms. The van der Waals surface area contributed by atoms with Gasteiger partial charge in [0.05, 0.1) is 23.4 Å². The van der Waals surface area contributed by atoms with Crippen molar-refractivity contribution in [3.8, 4) is 0 Å². The highest BCUT2D eigenvalue weighted by Gasteiger charge is 2.25. The molecule has 0 bridgehead atoms. The molecule has 1 saturated carbocycles. The van der Waals surface area contributed by atoms with E-state index in [0.717, 1.165) is 23.4 Å². The van der Waals surface area contributed by atoms with Crippen LogP contribution in [0.4, 0.5) is 0 Å². The Labute approximate surface area is 128 Å². The number of thiophene rings is 1. The SMILES string of the molecule is O=C(NCc1cncn1C1CC1)c1scc2c1CCCC2. The summed E-state index contributed by atoms with van der Waals surface area (Å²) in [4.78, 5) is 17.6. The van der Waals surface area contributed by atoms with E-state index in [1.807, 2.05) is 12.5 Å². The van der Waals surface area contributed by atoms with Crippen LogP contribution in [0.5, 0.6) is 0 Å². The quantitative estimate of drug-likeness (QED) is 0.943. The second-order valence-electron chi connectivity index (χ2n) is 5.98. The van der Waals surface area contributed by atoms with E-state index in [1.54, 1.807) is 11.3 Å². The highest BCUT2D eigenvalue weighted by atomic mass is 32.1. The summed E-state index contributed by atoms with van der Waals surface area (Å²) in [6.07, 6.45) is 10.9. The van der Waals surface area contributed by atoms with Gasteiger partial charge in [-0.05, 0) is 55.0 Å². The zero-order valence-corrected chi connectivity index (χ0v) is 12.8. The van der Waals surface area contributed by atoms with Crippen LogP contribution in [-0.4, -0.2) is 15.5 Å². The van der Waals surface area contributed by atoms with Gasteiger partial charge in [0.2, 0.25) is 0 Å². The highest BCUT2D eigenvalue weighted by Crippen LogP contribution is 2.35. The molecule has 1 fully saturated rings. The second kappa shape index (κ2) is 5.30. The summed E-state index contributed by atoms with van der Waals surface area (Å²) in [5.41, 5.74) is 3.79. The van der Waals surface area contributed by atoms with E-state index >= 15 is 0 Å². The molecule has 2 heterocycles. The van der Waals surface area contributed by atoms with Crippen LogP contribution in [0.2, 0.25) is 0 Å². The van der Waals surface area contributed by atoms with Crippen molar-refractivity contribution in [2.45, 2.75) is 51.1 Å². The lowest BCUT2D eigenvalue weighted by Gasteiger charge is -2.13. The maximum Gasteiger partial charge on any atom is 0.261 e. The Morgan fingerprint density at radius 2 is 2.24 bits per heavy atom. The van der Waals surface area contributed by atoms with Crippen molar-refractivity contribution in [3.05, 3.63) is 39.6 Å². The Hall–Kier alpha value is -1.62. The van der Waals surface area contributed by atoms with Gasteiger partial charge in [0.15, 0.2) is 0 Å². The van der Waals surface area contributed by atoms with Crippen molar-refractivity contribution in [1.29, 1.82) is 0 Å². The molecule has 21 heavy (non-hydrogen) atoms. The van der Waals surface area contributed by atoms with Crippen LogP contribution >= 0.6 is 11.3 Å². The standard InChI is InChI=1S/C16H19N3OS/c20-16(15-14-4-2-1-3-11(14)9-21-15)18-8-13-7-17-10-19(13)12-5-6-12/h7,9-10,12H,1-6,8H2,(H,18,20). The molecule has 0 aliphatic heterocycles. The van der Waals surface area contributed by atoms with Crippen molar-refractivity contribution >= 4 is 17.2 Å². The van der Waals surface area contributed by atoms with E-state index in [-0.39, 0.29) is 5.91 Å². The van der Waals surface area contributed by atoms with E-state index in [2.05, 4.69) is 20.2 Å². The molecule has 2 aromatic heterocycles. The lowest BCUT2D eigenvalue weighted by atomic mass is 9.94. The van der Waals surface area contributed by atoms with E-state index in [4.69, 9.17) is 0 Å². The largest absolute Gasteiger partial charge is 0.346 e. The first-order chi connectivity index (χ1) is 10.3. The molecule has 0 saturated heterocycles. The van der Waals surface area contributed by atoms with Crippen LogP contribution < -0.4 is 5.32 Å². The topological polar surface area (TPSA) is 46.9 Å². The Morgan fingerprint density at radius 1 is 1.38 bits per heavy atom. The number of carbonyl (C=O) groups is 1. The number of imidazole rings is 1. The van der Waals surface area contributed by atoms with E-state index in [9.17, 15) is 4.79 Å². The molecule has 5 heteroatoms. The summed E-state index contributed by atoms with van der Waals surface area (Å²) in [5, 5.41) is 5.24. The number of aromatic nitrogens is 2. The van der Waals surface area contributed by atoms with Gasteiger partial charge < -0.3 is 9.88 Å². The number of carbonyl (C=O) groups excluding carboxylic acids is 1. The average molecular weight is 301 g/mol. The normalized spacial score (nSPS) is 17.5. The van der Waals surface area contributed by atoms with Crippen molar-refractivity contribution in [2.24, 2.45) is 0 Å². The van der Waals surface area contributed by atoms with Crippen molar-refractivity contribution in [2.75, 3.05) is 0 Å². The highest BCUT2D eigenvalue weighted by molar-refractivity contribution is 7.12. The summed E-state index contributed by atoms with van der Waals surface area (Å²) in [6.45, 7) is 0.571. The molecule has 4 nitrogen and oxygen atoms in total. The molecule has 0 atom stereocenters. The zero-order chi connectivity index (χ0) is 14.2. The minimum absolute atomic E-state index is 0.0756. The van der Waals surface area contributed by atoms with Gasteiger partial charge in [-0.25, -0.2) is 4.98 Å². The van der Waals surface area contributed by atoms with Gasteiger partial charge in [0, 0.05) is 12.2 Å². The van der Waals surface area contributed by atoms with Crippen LogP contribution in [0.25, 0.3) is 0 Å². The molecule has 0 unspecified atom stereocenters. The molecular weight excluding hydrogens is 282 g/mol. The van der Waals surface area contributed by atoms with Crippen molar-refractivity contribution in [1.82, 2.24) is 14.9 Å². The molecule has 1 amide bonds. The van der Waals surface area contributed by atoms with E-state index in [0.29, 0.717) is 12.6 Å². The summed E-state index contributed by atoms with van der Waals surface area (Å²) < 4.78 is 2.20. The lowest BCUT2D eigenvalue weighted by Crippen LogP contribution is -2.24. The Morgan fingerprint density at radius 3 is 3.10 bits per heavy atom. The van der Waals surface area contributed by atoms with Gasteiger partial charge in [0.1, 0.15) is 0 Å². The number of amides is 1. The van der Waals surface area contributed by atoms with Gasteiger partial charge in [-0.1, -0.05) is 0 Å². The maximum atomic E-state index is 12.4. The minimum atomic E-state index is 0.0756. The summed E-state index contributed by atoms with van der Waals surface area (Å²) in [5.74, 6) is 0.0756. The maximum absolute atomic E-state index is 12.4. The number of aryl methyl sites for hydroxylation is 1. The van der Waals surface area contributed by atoms with Crippen molar-refractivity contribution < 1.29 is 4.79 Å². The third kappa shape index (κ3) is 2.50. The second-order valence-corrected chi connectivity index (χ2v) is 6.86. The van der Waals surface area contributed by atoms with Crippen LogP contribution in [0, 0.1) is 0 Å². The molecule has 2 aliphatic carbocycles. The molecule has 0 radical (unpaired) electrons. The van der Waals surface area contributed by atoms with Gasteiger partial charge in [0.25, 0.3) is 5.91 Å². The molecule has 4 rings (SSSR count). The summed E-state index contributed by atoms with van der Waals surface area (Å²) in [7, 11) is 0. The average Bonchev–Trinajstić information content (AvgIpc) is 3.10. The monoisotopic (exact) mass is 301 g/mol. The van der Waals surface area contributed by atoms with E-state index < -0.39 is 0 Å². The Balaban J connectivity index is 1.46. The molecule has 1 N–H and O–H groups in total. The minimum Gasteiger partial charge on any atom is -0.346 e. The summed E-state index contributed by atoms with van der Waals surface area (Å²) in [6, 6.07) is 0.605. The first-order valence-electron chi connectivity index (χ1n) is 7.71. The number of nitrogens with zero attached hydrogens (tertiary/aromatic N) is 2. The van der Waals surface area contributed by atoms with Crippen molar-refractivity contribution in [3.63, 3.8) is 0 Å². The van der Waals surface area contributed by atoms with Crippen LogP contribution in [0.15, 0.2) is 17.9 Å². The van der Waals surface area contributed by atoms with Crippen LogP contribution in [-0.2, 0) is 19.4 Å². The fourth-order valence-corrected chi connectivity index (χ4v) is 4.19. The van der Waals surface area contributed by atoms with Gasteiger partial charge >= 0.3 is 0 Å². The fourth-order valence-electron chi connectivity index (χ4n) is 3.11. The Kier molecular flexibility index (Phi) is 3.30. The van der Waals surface area contributed by atoms with Crippen LogP contribution in [0.1, 0.15) is 58.2 Å². The number of hydrogen-bond donors (Lipinski definition) is 1. The smallest absolute Gasteiger partial charge is 0.261 e. The summed E-state index contributed by atoms with van der Waals surface area (Å²) >= 11 is 1.60. The molecule has 0 aromatic carbocycles.